The van der Waals surface area contributed by atoms with E-state index < -0.39 is 39.7 Å². The van der Waals surface area contributed by atoms with Gasteiger partial charge in [0.15, 0.2) is 0 Å². The Morgan fingerprint density at radius 1 is 0.313 bits per heavy atom. The summed E-state index contributed by atoms with van der Waals surface area (Å²) in [5.74, 6) is 3.40. The van der Waals surface area contributed by atoms with Gasteiger partial charge in [-0.15, -0.1) is 0 Å². The Kier molecular flexibility index (Phi) is 41.7. The summed E-state index contributed by atoms with van der Waals surface area (Å²) >= 11 is 0. The molecule has 0 spiro atoms. The summed E-state index contributed by atoms with van der Waals surface area (Å²) < 4.78 is 98.1. The number of halogens is 7. The largest absolute Gasteiger partial charge is 0.244 e. The third kappa shape index (κ3) is 30.3. The Morgan fingerprint density at radius 3 is 0.687 bits per heavy atom. The summed E-state index contributed by atoms with van der Waals surface area (Å²) in [6.07, 6.45) is 19.8. The van der Waals surface area contributed by atoms with Gasteiger partial charge in [0.1, 0.15) is 39.7 Å². The molecular formula is C76H153F7. The van der Waals surface area contributed by atoms with E-state index in [-0.39, 0.29) is 46.3 Å². The molecule has 506 valence electrons. The van der Waals surface area contributed by atoms with Crippen molar-refractivity contribution in [3.8, 4) is 0 Å². The summed E-state index contributed by atoms with van der Waals surface area (Å²) in [5, 5.41) is 0. The van der Waals surface area contributed by atoms with Crippen molar-refractivity contribution in [3.05, 3.63) is 0 Å². The summed E-state index contributed by atoms with van der Waals surface area (Å²) in [4.78, 5) is 0. The molecule has 1 unspecified atom stereocenters. The first kappa shape index (κ1) is 88.9. The van der Waals surface area contributed by atoms with Crippen molar-refractivity contribution in [1.29, 1.82) is 0 Å². The number of rotatable bonds is 22. The molecule has 0 radical (unpaired) electrons. The fourth-order valence-electron chi connectivity index (χ4n) is 15.7. The van der Waals surface area contributed by atoms with Gasteiger partial charge in [-0.1, -0.05) is 238 Å². The van der Waals surface area contributed by atoms with E-state index in [1.807, 2.05) is 27.7 Å². The fraction of sp³-hybridized carbons (Fsp3) is 1.00. The SMILES string of the molecule is CC(C)C(C(C)C)C(C)(F)C(C(C)C)C(C)C.CC(C)C(C(C)C)C(C)(F)C(C)C.CC1(C)CCC(C)(F)CC1.CC1(F)CCCC1.CC1(F)CCCCC1.CCC(C)(CC)C(C)(F)C(C)(CC)CC.CCC(CC)C(C)(F)C(CC)CC. The lowest BCUT2D eigenvalue weighted by Gasteiger charge is -2.51. The van der Waals surface area contributed by atoms with Gasteiger partial charge in [0.2, 0.25) is 0 Å². The molecule has 0 amide bonds. The topological polar surface area (TPSA) is 0 Å². The van der Waals surface area contributed by atoms with Gasteiger partial charge in [0, 0.05) is 10.8 Å². The predicted molar refractivity (Wildman–Crippen MR) is 360 cm³/mol. The first-order valence-electron chi connectivity index (χ1n) is 35.2. The van der Waals surface area contributed by atoms with Crippen molar-refractivity contribution in [1.82, 2.24) is 0 Å². The Hall–Kier alpha value is -0.490. The predicted octanol–water partition coefficient (Wildman–Crippen LogP) is 28.1. The molecule has 3 saturated carbocycles. The van der Waals surface area contributed by atoms with Crippen LogP contribution in [0.25, 0.3) is 0 Å². The minimum absolute atomic E-state index is 0.0994. The zero-order chi connectivity index (χ0) is 66.8. The van der Waals surface area contributed by atoms with Crippen LogP contribution in [0.15, 0.2) is 0 Å². The molecule has 0 aromatic carbocycles. The molecule has 0 aliphatic heterocycles. The van der Waals surface area contributed by atoms with Crippen LogP contribution >= 0.6 is 0 Å². The maximum Gasteiger partial charge on any atom is 0.118 e. The second-order valence-electron chi connectivity index (χ2n) is 32.4. The molecule has 0 aromatic heterocycles. The lowest BCUT2D eigenvalue weighted by molar-refractivity contribution is -0.0946. The van der Waals surface area contributed by atoms with Crippen LogP contribution in [0.2, 0.25) is 0 Å². The summed E-state index contributed by atoms with van der Waals surface area (Å²) in [7, 11) is 0. The van der Waals surface area contributed by atoms with Crippen LogP contribution < -0.4 is 0 Å². The second kappa shape index (κ2) is 38.9. The second-order valence-corrected chi connectivity index (χ2v) is 32.4. The summed E-state index contributed by atoms with van der Waals surface area (Å²) in [6.45, 7) is 67.4. The normalized spacial score (nSPS) is 18.9. The maximum absolute atomic E-state index is 15.4. The van der Waals surface area contributed by atoms with E-state index in [0.29, 0.717) is 40.9 Å². The van der Waals surface area contributed by atoms with Crippen LogP contribution in [0.1, 0.15) is 363 Å². The zero-order valence-corrected chi connectivity index (χ0v) is 62.4. The summed E-state index contributed by atoms with van der Waals surface area (Å²) in [6, 6.07) is 0. The number of hydrogen-bond donors (Lipinski definition) is 0. The maximum atomic E-state index is 15.4. The minimum Gasteiger partial charge on any atom is -0.244 e. The molecule has 3 aliphatic carbocycles. The van der Waals surface area contributed by atoms with Crippen LogP contribution in [0.5, 0.6) is 0 Å². The third-order valence-electron chi connectivity index (χ3n) is 22.5. The molecule has 0 aromatic rings. The van der Waals surface area contributed by atoms with Gasteiger partial charge < -0.3 is 0 Å². The Bertz CT molecular complexity index is 1450. The molecule has 0 heterocycles. The highest BCUT2D eigenvalue weighted by atomic mass is 19.2. The minimum atomic E-state index is -1.09. The molecule has 7 heteroatoms. The average Bonchev–Trinajstić information content (AvgIpc) is 3.75. The monoisotopic (exact) mass is 1200 g/mol. The highest BCUT2D eigenvalue weighted by molar-refractivity contribution is 5.02. The molecule has 0 nitrogen and oxygen atoms in total. The van der Waals surface area contributed by atoms with Crippen LogP contribution in [-0.4, -0.2) is 39.7 Å². The van der Waals surface area contributed by atoms with Crippen molar-refractivity contribution in [2.45, 2.75) is 403 Å². The standard InChI is InChI=1S/C16H33F.C14H29F.2C12H25F.C9H17F.C7H13F.C6H11F/c1-10(2)14(11(3)4)16(9,17)15(12(5)6)13(7)8;1-8-12(5,9-2)14(7,15)13(6,10-3)11-4;1-8(2)11(9(3)4)12(7,13)10(5)6;1-6-10(7-2)12(5,13)11(8-3)9-4;1-8(2)4-6-9(3,10)7-5-8;1-7(8)5-3-2-4-6-7;1-6(7)4-2-3-5-6/h10-15H,1-9H3;8-11H2,1-7H3;8-11H,1-7H3;10-11H,6-9H2,1-5H3;4-7H2,1-3H3;2-6H2,1H3;2-5H2,1H3. The van der Waals surface area contributed by atoms with Crippen LogP contribution in [0.3, 0.4) is 0 Å². The number of hydrogen-bond acceptors (Lipinski definition) is 0. The molecule has 1 atom stereocenters. The van der Waals surface area contributed by atoms with Crippen LogP contribution in [-0.2, 0) is 0 Å². The van der Waals surface area contributed by atoms with E-state index in [1.54, 1.807) is 34.6 Å². The van der Waals surface area contributed by atoms with Crippen molar-refractivity contribution in [2.75, 3.05) is 0 Å². The van der Waals surface area contributed by atoms with Crippen molar-refractivity contribution in [2.24, 2.45) is 87.3 Å². The third-order valence-corrected chi connectivity index (χ3v) is 22.5. The molecule has 83 heavy (non-hydrogen) atoms. The zero-order valence-electron chi connectivity index (χ0n) is 62.4. The lowest BCUT2D eigenvalue weighted by atomic mass is 9.57. The lowest BCUT2D eigenvalue weighted by Crippen LogP contribution is -2.51. The van der Waals surface area contributed by atoms with Gasteiger partial charge in [-0.25, -0.2) is 30.7 Å². The molecule has 3 aliphatic rings. The molecule has 0 N–H and O–H groups in total. The van der Waals surface area contributed by atoms with Crippen molar-refractivity contribution < 1.29 is 30.7 Å². The molecule has 3 fully saturated rings. The van der Waals surface area contributed by atoms with E-state index in [9.17, 15) is 22.0 Å². The molecule has 3 rings (SSSR count). The molecule has 0 saturated heterocycles. The highest BCUT2D eigenvalue weighted by Crippen LogP contribution is 2.54. The first-order valence-corrected chi connectivity index (χ1v) is 35.2. The van der Waals surface area contributed by atoms with E-state index in [0.717, 1.165) is 128 Å². The fourth-order valence-corrected chi connectivity index (χ4v) is 15.7. The van der Waals surface area contributed by atoms with Crippen molar-refractivity contribution in [3.63, 3.8) is 0 Å². The highest BCUT2D eigenvalue weighted by Gasteiger charge is 2.53. The average molecular weight is 1200 g/mol. The first-order chi connectivity index (χ1) is 37.3. The quantitative estimate of drug-likeness (QED) is 0.0948. The molecule has 0 bridgehead atoms. The van der Waals surface area contributed by atoms with Crippen LogP contribution in [0, 0.1) is 87.3 Å². The van der Waals surface area contributed by atoms with Gasteiger partial charge in [-0.2, -0.15) is 0 Å². The molecular weight excluding hydrogens is 1050 g/mol. The van der Waals surface area contributed by atoms with Gasteiger partial charge >= 0.3 is 0 Å². The Balaban J connectivity index is -0.000000445. The number of alkyl halides is 7. The van der Waals surface area contributed by atoms with Gasteiger partial charge in [0.25, 0.3) is 0 Å². The van der Waals surface area contributed by atoms with Gasteiger partial charge in [-0.05, 0) is 202 Å². The van der Waals surface area contributed by atoms with Gasteiger partial charge in [-0.3, -0.25) is 0 Å². The summed E-state index contributed by atoms with van der Waals surface area (Å²) in [5.41, 5.74) is -6.67. The Morgan fingerprint density at radius 2 is 0.530 bits per heavy atom. The smallest absolute Gasteiger partial charge is 0.118 e. The van der Waals surface area contributed by atoms with E-state index >= 15 is 8.78 Å². The van der Waals surface area contributed by atoms with Crippen molar-refractivity contribution >= 4 is 0 Å². The Labute approximate surface area is 518 Å². The van der Waals surface area contributed by atoms with Gasteiger partial charge in [0.05, 0.1) is 0 Å². The van der Waals surface area contributed by atoms with E-state index in [1.165, 1.54) is 6.42 Å². The van der Waals surface area contributed by atoms with E-state index in [4.69, 9.17) is 0 Å². The van der Waals surface area contributed by atoms with Crippen LogP contribution in [0.4, 0.5) is 30.7 Å². The van der Waals surface area contributed by atoms with E-state index in [2.05, 4.69) is 166 Å².